The highest BCUT2D eigenvalue weighted by Gasteiger charge is 2.09. The van der Waals surface area contributed by atoms with Crippen molar-refractivity contribution in [3.05, 3.63) is 56.4 Å². The van der Waals surface area contributed by atoms with Gasteiger partial charge in [-0.25, -0.2) is 13.5 Å². The first-order valence-electron chi connectivity index (χ1n) is 6.46. The van der Waals surface area contributed by atoms with E-state index in [2.05, 4.69) is 26.3 Å². The van der Waals surface area contributed by atoms with Crippen LogP contribution in [0, 0.1) is 11.6 Å². The molecule has 2 rings (SSSR count). The average Bonchev–Trinajstić information content (AvgIpc) is 2.45. The Morgan fingerprint density at radius 3 is 2.81 bits per heavy atom. The van der Waals surface area contributed by atoms with Gasteiger partial charge in [0.15, 0.2) is 0 Å². The number of hydrogen-bond donors (Lipinski definition) is 1. The molecule has 0 unspecified atom stereocenters. The molecule has 1 aromatic heterocycles. The molecule has 0 fully saturated rings. The lowest BCUT2D eigenvalue weighted by molar-refractivity contribution is 0.565. The normalized spacial score (nSPS) is 10.7. The second-order valence-corrected chi connectivity index (χ2v) is 5.28. The second-order valence-electron chi connectivity index (χ2n) is 4.49. The fraction of sp³-hybridized carbons (Fsp3) is 0.286. The molecule has 7 heteroatoms. The van der Waals surface area contributed by atoms with Crippen LogP contribution in [0.4, 0.5) is 14.5 Å². The number of aromatic nitrogens is 2. The SMILES string of the molecule is CCCn1ncc(NCc2ccc(F)cc2F)c(Br)c1=O. The van der Waals surface area contributed by atoms with E-state index < -0.39 is 11.6 Å². The predicted molar refractivity (Wildman–Crippen MR) is 80.2 cm³/mol. The lowest BCUT2D eigenvalue weighted by atomic mass is 10.2. The van der Waals surface area contributed by atoms with Crippen LogP contribution in [0.1, 0.15) is 18.9 Å². The maximum absolute atomic E-state index is 13.5. The Balaban J connectivity index is 2.17. The van der Waals surface area contributed by atoms with Crippen molar-refractivity contribution in [2.75, 3.05) is 5.32 Å². The van der Waals surface area contributed by atoms with E-state index in [1.165, 1.54) is 23.0 Å². The summed E-state index contributed by atoms with van der Waals surface area (Å²) < 4.78 is 28.0. The molecule has 0 bridgehead atoms. The van der Waals surface area contributed by atoms with Gasteiger partial charge >= 0.3 is 0 Å². The fourth-order valence-corrected chi connectivity index (χ4v) is 2.26. The molecular formula is C14H14BrF2N3O. The lowest BCUT2D eigenvalue weighted by Gasteiger charge is -2.10. The van der Waals surface area contributed by atoms with Crippen LogP contribution in [-0.2, 0) is 13.1 Å². The molecule has 112 valence electrons. The number of nitrogens with one attached hydrogen (secondary N) is 1. The minimum atomic E-state index is -0.633. The summed E-state index contributed by atoms with van der Waals surface area (Å²) in [6.07, 6.45) is 2.30. The van der Waals surface area contributed by atoms with Gasteiger partial charge in [0.1, 0.15) is 16.1 Å². The van der Waals surface area contributed by atoms with Gasteiger partial charge in [-0.2, -0.15) is 5.10 Å². The third kappa shape index (κ3) is 3.66. The van der Waals surface area contributed by atoms with Crippen molar-refractivity contribution in [1.29, 1.82) is 0 Å². The Kier molecular flexibility index (Phi) is 5.06. The van der Waals surface area contributed by atoms with Gasteiger partial charge in [0.05, 0.1) is 11.9 Å². The summed E-state index contributed by atoms with van der Waals surface area (Å²) in [6, 6.07) is 3.37. The molecule has 0 atom stereocenters. The van der Waals surface area contributed by atoms with Crippen LogP contribution >= 0.6 is 15.9 Å². The molecule has 2 aromatic rings. The summed E-state index contributed by atoms with van der Waals surface area (Å²) in [6.45, 7) is 2.61. The van der Waals surface area contributed by atoms with Crippen molar-refractivity contribution in [3.63, 3.8) is 0 Å². The van der Waals surface area contributed by atoms with Crippen molar-refractivity contribution in [3.8, 4) is 0 Å². The Morgan fingerprint density at radius 2 is 2.14 bits per heavy atom. The summed E-state index contributed by atoms with van der Waals surface area (Å²) in [5, 5.41) is 6.95. The molecule has 0 aliphatic heterocycles. The smallest absolute Gasteiger partial charge is 0.283 e. The summed E-state index contributed by atoms with van der Waals surface area (Å²) in [7, 11) is 0. The number of aryl methyl sites for hydroxylation is 1. The average molecular weight is 358 g/mol. The zero-order chi connectivity index (χ0) is 15.4. The molecule has 0 saturated carbocycles. The van der Waals surface area contributed by atoms with Crippen molar-refractivity contribution in [2.24, 2.45) is 0 Å². The second kappa shape index (κ2) is 6.80. The monoisotopic (exact) mass is 357 g/mol. The maximum Gasteiger partial charge on any atom is 0.283 e. The number of nitrogens with zero attached hydrogens (tertiary/aromatic N) is 2. The molecule has 1 aromatic carbocycles. The van der Waals surface area contributed by atoms with Gasteiger partial charge in [0, 0.05) is 24.7 Å². The third-order valence-electron chi connectivity index (χ3n) is 2.90. The highest BCUT2D eigenvalue weighted by atomic mass is 79.9. The van der Waals surface area contributed by atoms with Gasteiger partial charge in [-0.3, -0.25) is 4.79 Å². The third-order valence-corrected chi connectivity index (χ3v) is 3.67. The Labute approximate surface area is 128 Å². The van der Waals surface area contributed by atoms with Gasteiger partial charge in [-0.05, 0) is 28.4 Å². The molecule has 0 aliphatic carbocycles. The van der Waals surface area contributed by atoms with E-state index in [4.69, 9.17) is 0 Å². The van der Waals surface area contributed by atoms with Crippen LogP contribution in [0.2, 0.25) is 0 Å². The fourth-order valence-electron chi connectivity index (χ4n) is 1.81. The number of halogens is 3. The molecule has 21 heavy (non-hydrogen) atoms. The molecular weight excluding hydrogens is 344 g/mol. The first kappa shape index (κ1) is 15.6. The van der Waals surface area contributed by atoms with Crippen molar-refractivity contribution >= 4 is 21.6 Å². The Hall–Kier alpha value is -1.76. The number of anilines is 1. The molecule has 4 nitrogen and oxygen atoms in total. The maximum atomic E-state index is 13.5. The Morgan fingerprint density at radius 1 is 1.38 bits per heavy atom. The zero-order valence-corrected chi connectivity index (χ0v) is 13.0. The van der Waals surface area contributed by atoms with Crippen LogP contribution < -0.4 is 10.9 Å². The van der Waals surface area contributed by atoms with Gasteiger partial charge in [-0.1, -0.05) is 13.0 Å². The molecule has 0 aliphatic rings. The Bertz CT molecular complexity index is 703. The van der Waals surface area contributed by atoms with E-state index in [1.54, 1.807) is 0 Å². The highest BCUT2D eigenvalue weighted by Crippen LogP contribution is 2.18. The summed E-state index contributed by atoms with van der Waals surface area (Å²) in [5.74, 6) is -1.26. The van der Waals surface area contributed by atoms with E-state index in [0.717, 1.165) is 12.5 Å². The first-order valence-corrected chi connectivity index (χ1v) is 7.25. The molecule has 0 radical (unpaired) electrons. The van der Waals surface area contributed by atoms with E-state index in [1.807, 2.05) is 6.92 Å². The summed E-state index contributed by atoms with van der Waals surface area (Å²) in [5.41, 5.74) is 0.526. The predicted octanol–water partition coefficient (Wildman–Crippen LogP) is 3.31. The summed E-state index contributed by atoms with van der Waals surface area (Å²) in [4.78, 5) is 12.0. The van der Waals surface area contributed by atoms with E-state index in [-0.39, 0.29) is 12.1 Å². The van der Waals surface area contributed by atoms with E-state index >= 15 is 0 Å². The van der Waals surface area contributed by atoms with Crippen LogP contribution in [0.25, 0.3) is 0 Å². The number of rotatable bonds is 5. The molecule has 0 spiro atoms. The van der Waals surface area contributed by atoms with Crippen LogP contribution in [-0.4, -0.2) is 9.78 Å². The number of benzene rings is 1. The number of hydrogen-bond acceptors (Lipinski definition) is 3. The minimum absolute atomic E-state index is 0.129. The zero-order valence-electron chi connectivity index (χ0n) is 11.4. The highest BCUT2D eigenvalue weighted by molar-refractivity contribution is 9.10. The molecule has 0 amide bonds. The van der Waals surface area contributed by atoms with Gasteiger partial charge < -0.3 is 5.32 Å². The van der Waals surface area contributed by atoms with Crippen molar-refractivity contribution in [1.82, 2.24) is 9.78 Å². The molecule has 0 saturated heterocycles. The van der Waals surface area contributed by atoms with Gasteiger partial charge in [0.2, 0.25) is 0 Å². The van der Waals surface area contributed by atoms with Gasteiger partial charge in [-0.15, -0.1) is 0 Å². The van der Waals surface area contributed by atoms with Crippen LogP contribution in [0.15, 0.2) is 33.7 Å². The van der Waals surface area contributed by atoms with Crippen molar-refractivity contribution in [2.45, 2.75) is 26.4 Å². The topological polar surface area (TPSA) is 46.9 Å². The molecule has 1 N–H and O–H groups in total. The first-order chi connectivity index (χ1) is 10.0. The standard InChI is InChI=1S/C14H14BrF2N3O/c1-2-5-20-14(21)13(15)12(8-19-20)18-7-9-3-4-10(16)6-11(9)17/h3-4,6,8,18H,2,5,7H2,1H3. The van der Waals surface area contributed by atoms with Crippen LogP contribution in [0.3, 0.4) is 0 Å². The van der Waals surface area contributed by atoms with Gasteiger partial charge in [0.25, 0.3) is 5.56 Å². The van der Waals surface area contributed by atoms with E-state index in [0.29, 0.717) is 22.3 Å². The summed E-state index contributed by atoms with van der Waals surface area (Å²) >= 11 is 3.22. The van der Waals surface area contributed by atoms with Crippen molar-refractivity contribution < 1.29 is 8.78 Å². The van der Waals surface area contributed by atoms with Crippen LogP contribution in [0.5, 0.6) is 0 Å². The minimum Gasteiger partial charge on any atom is -0.378 e. The lowest BCUT2D eigenvalue weighted by Crippen LogP contribution is -2.24. The quantitative estimate of drug-likeness (QED) is 0.892. The van der Waals surface area contributed by atoms with E-state index in [9.17, 15) is 13.6 Å². The molecule has 1 heterocycles. The largest absolute Gasteiger partial charge is 0.378 e.